The number of esters is 2. The van der Waals surface area contributed by atoms with Crippen LogP contribution in [0.1, 0.15) is 63.7 Å². The fourth-order valence-corrected chi connectivity index (χ4v) is 5.10. The van der Waals surface area contributed by atoms with Crippen molar-refractivity contribution in [3.8, 4) is 0 Å². The molecule has 35 heavy (non-hydrogen) atoms. The van der Waals surface area contributed by atoms with Crippen LogP contribution in [0.25, 0.3) is 0 Å². The number of urea groups is 1. The summed E-state index contributed by atoms with van der Waals surface area (Å²) < 4.78 is 10.3. The Labute approximate surface area is 207 Å². The first-order valence-corrected chi connectivity index (χ1v) is 12.4. The Hall–Kier alpha value is -3.10. The van der Waals surface area contributed by atoms with Gasteiger partial charge >= 0.3 is 18.0 Å². The van der Waals surface area contributed by atoms with Crippen molar-refractivity contribution in [2.24, 2.45) is 11.8 Å². The minimum atomic E-state index is -1.15. The molecule has 0 radical (unpaired) electrons. The van der Waals surface area contributed by atoms with Gasteiger partial charge in [0.25, 0.3) is 5.91 Å². The maximum absolute atomic E-state index is 12.9. The van der Waals surface area contributed by atoms with Crippen molar-refractivity contribution < 1.29 is 28.7 Å². The molecular weight excluding hydrogens is 450 g/mol. The Morgan fingerprint density at radius 1 is 0.943 bits per heavy atom. The highest BCUT2D eigenvalue weighted by Crippen LogP contribution is 2.33. The van der Waals surface area contributed by atoms with E-state index in [9.17, 15) is 19.2 Å². The second-order valence-corrected chi connectivity index (χ2v) is 9.75. The fraction of sp³-hybridized carbons (Fsp3) is 0.615. The normalized spacial score (nSPS) is 17.6. The average molecular weight is 488 g/mol. The van der Waals surface area contributed by atoms with Gasteiger partial charge in [0.05, 0.1) is 17.9 Å². The summed E-state index contributed by atoms with van der Waals surface area (Å²) in [4.78, 5) is 52.7. The smallest absolute Gasteiger partial charge is 0.340 e. The Kier molecular flexibility index (Phi) is 8.75. The van der Waals surface area contributed by atoms with Crippen LogP contribution in [0.5, 0.6) is 0 Å². The highest BCUT2D eigenvalue weighted by Gasteiger charge is 2.38. The van der Waals surface area contributed by atoms with E-state index in [2.05, 4.69) is 5.32 Å². The van der Waals surface area contributed by atoms with E-state index in [4.69, 9.17) is 9.47 Å². The van der Waals surface area contributed by atoms with Crippen molar-refractivity contribution in [3.05, 3.63) is 29.8 Å². The number of hydrogen-bond acceptors (Lipinski definition) is 6. The molecule has 0 atom stereocenters. The van der Waals surface area contributed by atoms with Crippen molar-refractivity contribution in [1.29, 1.82) is 0 Å². The summed E-state index contributed by atoms with van der Waals surface area (Å²) in [5.41, 5.74) is -0.355. The first kappa shape index (κ1) is 26.5. The van der Waals surface area contributed by atoms with Crippen molar-refractivity contribution in [1.82, 2.24) is 9.80 Å². The summed E-state index contributed by atoms with van der Waals surface area (Å²) in [6.07, 6.45) is 3.63. The van der Waals surface area contributed by atoms with E-state index in [-0.39, 0.29) is 18.5 Å². The van der Waals surface area contributed by atoms with Gasteiger partial charge in [0.15, 0.2) is 5.60 Å². The number of hydrogen-bond donors (Lipinski definition) is 1. The van der Waals surface area contributed by atoms with E-state index in [0.717, 1.165) is 25.7 Å². The molecule has 3 amide bonds. The van der Waals surface area contributed by atoms with Gasteiger partial charge < -0.3 is 24.6 Å². The lowest BCUT2D eigenvalue weighted by atomic mass is 9.78. The minimum Gasteiger partial charge on any atom is -0.462 e. The number of anilines is 1. The number of benzene rings is 1. The number of piperidine rings is 2. The van der Waals surface area contributed by atoms with Gasteiger partial charge in [0.1, 0.15) is 0 Å². The van der Waals surface area contributed by atoms with Gasteiger partial charge in [-0.05, 0) is 70.4 Å². The van der Waals surface area contributed by atoms with Crippen LogP contribution in [0.3, 0.4) is 0 Å². The van der Waals surface area contributed by atoms with Gasteiger partial charge in [-0.3, -0.25) is 9.59 Å². The zero-order valence-corrected chi connectivity index (χ0v) is 21.2. The molecule has 2 aliphatic rings. The average Bonchev–Trinajstić information content (AvgIpc) is 2.83. The van der Waals surface area contributed by atoms with E-state index in [1.165, 1.54) is 6.92 Å². The molecule has 2 aliphatic heterocycles. The molecule has 0 aliphatic carbocycles. The summed E-state index contributed by atoms with van der Waals surface area (Å²) in [6.45, 7) is 9.20. The van der Waals surface area contributed by atoms with Crippen molar-refractivity contribution >= 4 is 29.6 Å². The second kappa shape index (κ2) is 11.6. The molecule has 192 valence electrons. The van der Waals surface area contributed by atoms with Crippen LogP contribution < -0.4 is 5.32 Å². The molecule has 0 unspecified atom stereocenters. The largest absolute Gasteiger partial charge is 0.462 e. The minimum absolute atomic E-state index is 0.152. The lowest BCUT2D eigenvalue weighted by molar-refractivity contribution is -0.169. The topological polar surface area (TPSA) is 105 Å². The quantitative estimate of drug-likeness (QED) is 0.614. The van der Waals surface area contributed by atoms with Gasteiger partial charge in [-0.1, -0.05) is 12.1 Å². The number of nitrogens with one attached hydrogen (secondary N) is 1. The maximum atomic E-state index is 12.9. The van der Waals surface area contributed by atoms with Crippen LogP contribution >= 0.6 is 0 Å². The van der Waals surface area contributed by atoms with E-state index in [1.807, 2.05) is 0 Å². The van der Waals surface area contributed by atoms with Crippen molar-refractivity contribution in [2.45, 2.75) is 59.0 Å². The fourth-order valence-electron chi connectivity index (χ4n) is 5.10. The molecule has 1 N–H and O–H groups in total. The number of para-hydroxylation sites is 1. The zero-order chi connectivity index (χ0) is 25.6. The number of carbonyl (C=O) groups excluding carboxylic acids is 4. The summed E-state index contributed by atoms with van der Waals surface area (Å²) >= 11 is 0. The van der Waals surface area contributed by atoms with Crippen LogP contribution in [0.15, 0.2) is 24.3 Å². The van der Waals surface area contributed by atoms with Crippen LogP contribution in [0.2, 0.25) is 0 Å². The lowest BCUT2D eigenvalue weighted by Crippen LogP contribution is -2.51. The van der Waals surface area contributed by atoms with E-state index in [1.54, 1.807) is 54.8 Å². The molecule has 2 fully saturated rings. The van der Waals surface area contributed by atoms with Gasteiger partial charge in [-0.25, -0.2) is 9.59 Å². The molecular formula is C26H37N3O6. The summed E-state index contributed by atoms with van der Waals surface area (Å²) in [5, 5.41) is 2.87. The Bertz CT molecular complexity index is 931. The van der Waals surface area contributed by atoms with Gasteiger partial charge in [-0.15, -0.1) is 0 Å². The molecule has 9 heteroatoms. The third kappa shape index (κ3) is 6.74. The molecule has 9 nitrogen and oxygen atoms in total. The number of ether oxygens (including phenoxy) is 2. The highest BCUT2D eigenvalue weighted by molar-refractivity contribution is 6.00. The maximum Gasteiger partial charge on any atom is 0.340 e. The van der Waals surface area contributed by atoms with E-state index in [0.29, 0.717) is 49.3 Å². The zero-order valence-electron chi connectivity index (χ0n) is 21.2. The molecule has 0 aromatic heterocycles. The number of amides is 3. The molecule has 1 aromatic rings. The molecule has 0 saturated carbocycles. The molecule has 0 bridgehead atoms. The highest BCUT2D eigenvalue weighted by atomic mass is 16.6. The van der Waals surface area contributed by atoms with Crippen molar-refractivity contribution in [3.63, 3.8) is 0 Å². The monoisotopic (exact) mass is 487 g/mol. The standard InChI is InChI=1S/C26H37N3O6/c1-5-34-23(31)21-8-6-7-9-22(21)27-25(33)29-16-12-20(13-17-29)19-10-14-28(15-11-19)24(32)26(3,4)35-18(2)30/h6-9,19-20H,5,10-17H2,1-4H3,(H,27,33). The van der Waals surface area contributed by atoms with Crippen LogP contribution in [0, 0.1) is 11.8 Å². The second-order valence-electron chi connectivity index (χ2n) is 9.75. The van der Waals surface area contributed by atoms with E-state index < -0.39 is 17.5 Å². The number of carbonyl (C=O) groups is 4. The number of rotatable bonds is 6. The first-order chi connectivity index (χ1) is 16.6. The van der Waals surface area contributed by atoms with Gasteiger partial charge in [0, 0.05) is 33.1 Å². The summed E-state index contributed by atoms with van der Waals surface area (Å²) in [7, 11) is 0. The third-order valence-corrected chi connectivity index (χ3v) is 6.90. The number of likely N-dealkylation sites (tertiary alicyclic amines) is 2. The SMILES string of the molecule is CCOC(=O)c1ccccc1NC(=O)N1CCC(C2CCN(C(=O)C(C)(C)OC(C)=O)CC2)CC1. The third-order valence-electron chi connectivity index (χ3n) is 6.90. The number of nitrogens with zero attached hydrogens (tertiary/aromatic N) is 2. The Morgan fingerprint density at radius 2 is 1.49 bits per heavy atom. The predicted octanol–water partition coefficient (Wildman–Crippen LogP) is 3.69. The molecule has 0 spiro atoms. The summed E-state index contributed by atoms with van der Waals surface area (Å²) in [6, 6.07) is 6.64. The summed E-state index contributed by atoms with van der Waals surface area (Å²) in [5.74, 6) is -0.0578. The van der Waals surface area contributed by atoms with Crippen LogP contribution in [-0.2, 0) is 19.1 Å². The van der Waals surface area contributed by atoms with Crippen LogP contribution in [0.4, 0.5) is 10.5 Å². The van der Waals surface area contributed by atoms with Gasteiger partial charge in [0.2, 0.25) is 0 Å². The van der Waals surface area contributed by atoms with Crippen LogP contribution in [-0.4, -0.2) is 72.1 Å². The molecule has 1 aromatic carbocycles. The molecule has 2 heterocycles. The Balaban J connectivity index is 1.48. The molecule has 2 saturated heterocycles. The predicted molar refractivity (Wildman–Crippen MR) is 131 cm³/mol. The Morgan fingerprint density at radius 3 is 2.03 bits per heavy atom. The first-order valence-electron chi connectivity index (χ1n) is 12.4. The van der Waals surface area contributed by atoms with Crippen molar-refractivity contribution in [2.75, 3.05) is 38.1 Å². The van der Waals surface area contributed by atoms with Gasteiger partial charge in [-0.2, -0.15) is 0 Å². The lowest BCUT2D eigenvalue weighted by Gasteiger charge is -2.41. The molecule has 3 rings (SSSR count). The van der Waals surface area contributed by atoms with E-state index >= 15 is 0 Å².